The molecule has 1 aliphatic rings. The molecule has 1 aromatic rings. The number of hydrogen-bond donors (Lipinski definition) is 0. The standard InChI is InChI=1S/C10H7F3O3/c11-10(12,13)16-6-1-2-7-8(14)3-4-15-9(7)5-6/h1-2,5H,3-4H2. The van der Waals surface area contributed by atoms with Crippen LogP contribution in [0.1, 0.15) is 16.8 Å². The Kier molecular flexibility index (Phi) is 2.49. The van der Waals surface area contributed by atoms with Gasteiger partial charge in [-0.3, -0.25) is 4.79 Å². The molecule has 0 bridgehead atoms. The van der Waals surface area contributed by atoms with Gasteiger partial charge < -0.3 is 9.47 Å². The summed E-state index contributed by atoms with van der Waals surface area (Å²) in [6.07, 6.45) is -4.50. The van der Waals surface area contributed by atoms with E-state index in [0.717, 1.165) is 12.1 Å². The average molecular weight is 232 g/mol. The minimum Gasteiger partial charge on any atom is -0.492 e. The number of fused-ring (bicyclic) bond motifs is 1. The zero-order valence-electron chi connectivity index (χ0n) is 8.00. The van der Waals surface area contributed by atoms with Crippen LogP contribution >= 0.6 is 0 Å². The van der Waals surface area contributed by atoms with Gasteiger partial charge >= 0.3 is 6.36 Å². The Morgan fingerprint density at radius 1 is 1.31 bits per heavy atom. The van der Waals surface area contributed by atoms with Gasteiger partial charge in [-0.05, 0) is 12.1 Å². The van der Waals surface area contributed by atoms with Crippen molar-refractivity contribution in [2.75, 3.05) is 6.61 Å². The lowest BCUT2D eigenvalue weighted by Crippen LogP contribution is -2.18. The van der Waals surface area contributed by atoms with Crippen molar-refractivity contribution in [1.29, 1.82) is 0 Å². The maximum atomic E-state index is 11.9. The molecule has 0 N–H and O–H groups in total. The van der Waals surface area contributed by atoms with E-state index in [4.69, 9.17) is 4.74 Å². The maximum Gasteiger partial charge on any atom is 0.573 e. The number of Topliss-reactive ketones (excluding diaryl/α,β-unsaturated/α-hetero) is 1. The largest absolute Gasteiger partial charge is 0.573 e. The summed E-state index contributed by atoms with van der Waals surface area (Å²) in [5, 5.41) is 0. The number of alkyl halides is 3. The number of ketones is 1. The summed E-state index contributed by atoms with van der Waals surface area (Å²) in [6, 6.07) is 3.44. The average Bonchev–Trinajstić information content (AvgIpc) is 2.15. The summed E-state index contributed by atoms with van der Waals surface area (Å²) < 4.78 is 44.6. The maximum absolute atomic E-state index is 11.9. The Balaban J connectivity index is 2.29. The summed E-state index contributed by atoms with van der Waals surface area (Å²) >= 11 is 0. The summed E-state index contributed by atoms with van der Waals surface area (Å²) in [5.74, 6) is -0.390. The van der Waals surface area contributed by atoms with Crippen molar-refractivity contribution < 1.29 is 27.4 Å². The molecule has 0 saturated heterocycles. The SMILES string of the molecule is O=C1CCOc2cc(OC(F)(F)F)ccc21. The van der Waals surface area contributed by atoms with Gasteiger partial charge in [-0.1, -0.05) is 0 Å². The van der Waals surface area contributed by atoms with Crippen LogP contribution in [0.25, 0.3) is 0 Å². The van der Waals surface area contributed by atoms with Crippen LogP contribution in [0.4, 0.5) is 13.2 Å². The smallest absolute Gasteiger partial charge is 0.492 e. The third kappa shape index (κ3) is 2.26. The predicted molar refractivity (Wildman–Crippen MR) is 47.6 cm³/mol. The molecular weight excluding hydrogens is 225 g/mol. The number of benzene rings is 1. The second-order valence-electron chi connectivity index (χ2n) is 3.23. The molecule has 0 aromatic heterocycles. The van der Waals surface area contributed by atoms with Crippen LogP contribution in [0.3, 0.4) is 0 Å². The van der Waals surface area contributed by atoms with Gasteiger partial charge in [-0.2, -0.15) is 0 Å². The van der Waals surface area contributed by atoms with E-state index in [1.807, 2.05) is 0 Å². The fourth-order valence-corrected chi connectivity index (χ4v) is 1.44. The van der Waals surface area contributed by atoms with Gasteiger partial charge in [0, 0.05) is 12.5 Å². The van der Waals surface area contributed by atoms with Crippen LogP contribution in [0.15, 0.2) is 18.2 Å². The molecule has 0 atom stereocenters. The van der Waals surface area contributed by atoms with Crippen molar-refractivity contribution in [2.45, 2.75) is 12.8 Å². The molecule has 0 amide bonds. The third-order valence-electron chi connectivity index (χ3n) is 2.07. The van der Waals surface area contributed by atoms with Crippen LogP contribution < -0.4 is 9.47 Å². The van der Waals surface area contributed by atoms with Gasteiger partial charge in [0.05, 0.1) is 12.2 Å². The molecule has 3 nitrogen and oxygen atoms in total. The fraction of sp³-hybridized carbons (Fsp3) is 0.300. The first-order valence-electron chi connectivity index (χ1n) is 4.51. The van der Waals surface area contributed by atoms with Crippen LogP contribution in [-0.4, -0.2) is 18.8 Å². The molecule has 0 fully saturated rings. The summed E-state index contributed by atoms with van der Waals surface area (Å²) in [5.41, 5.74) is 0.292. The predicted octanol–water partition coefficient (Wildman–Crippen LogP) is 2.55. The highest BCUT2D eigenvalue weighted by atomic mass is 19.4. The molecule has 0 saturated carbocycles. The Bertz CT molecular complexity index is 426. The van der Waals surface area contributed by atoms with E-state index in [-0.39, 0.29) is 30.3 Å². The van der Waals surface area contributed by atoms with E-state index in [2.05, 4.69) is 4.74 Å². The monoisotopic (exact) mass is 232 g/mol. The first-order chi connectivity index (χ1) is 7.46. The lowest BCUT2D eigenvalue weighted by Gasteiger charge is -2.17. The number of hydrogen-bond acceptors (Lipinski definition) is 3. The van der Waals surface area contributed by atoms with E-state index < -0.39 is 6.36 Å². The van der Waals surface area contributed by atoms with Gasteiger partial charge in [-0.25, -0.2) is 0 Å². The molecule has 0 radical (unpaired) electrons. The molecule has 86 valence electrons. The van der Waals surface area contributed by atoms with Crippen LogP contribution in [0.5, 0.6) is 11.5 Å². The second-order valence-corrected chi connectivity index (χ2v) is 3.23. The van der Waals surface area contributed by atoms with Crippen molar-refractivity contribution in [3.63, 3.8) is 0 Å². The van der Waals surface area contributed by atoms with E-state index in [1.54, 1.807) is 0 Å². The van der Waals surface area contributed by atoms with Gasteiger partial charge in [0.2, 0.25) is 0 Å². The Morgan fingerprint density at radius 3 is 2.75 bits per heavy atom. The van der Waals surface area contributed by atoms with Crippen LogP contribution in [-0.2, 0) is 0 Å². The minimum absolute atomic E-state index is 0.137. The van der Waals surface area contributed by atoms with E-state index in [9.17, 15) is 18.0 Å². The zero-order chi connectivity index (χ0) is 11.8. The molecule has 16 heavy (non-hydrogen) atoms. The summed E-state index contributed by atoms with van der Waals surface area (Å²) in [6.45, 7) is 0.182. The fourth-order valence-electron chi connectivity index (χ4n) is 1.44. The lowest BCUT2D eigenvalue weighted by atomic mass is 10.1. The molecule has 1 aliphatic heterocycles. The van der Waals surface area contributed by atoms with Crippen molar-refractivity contribution in [1.82, 2.24) is 0 Å². The van der Waals surface area contributed by atoms with Gasteiger partial charge in [0.25, 0.3) is 0 Å². The number of carbonyl (C=O) groups is 1. The molecular formula is C10H7F3O3. The molecule has 2 rings (SSSR count). The highest BCUT2D eigenvalue weighted by molar-refractivity contribution is 5.99. The first kappa shape index (κ1) is 10.8. The Hall–Kier alpha value is -1.72. The first-order valence-corrected chi connectivity index (χ1v) is 4.51. The van der Waals surface area contributed by atoms with Crippen molar-refractivity contribution in [2.24, 2.45) is 0 Å². The Morgan fingerprint density at radius 2 is 2.06 bits per heavy atom. The minimum atomic E-state index is -4.74. The van der Waals surface area contributed by atoms with Crippen molar-refractivity contribution in [3.05, 3.63) is 23.8 Å². The third-order valence-corrected chi connectivity index (χ3v) is 2.07. The Labute approximate surface area is 88.8 Å². The highest BCUT2D eigenvalue weighted by Crippen LogP contribution is 2.31. The molecule has 0 unspecified atom stereocenters. The number of carbonyl (C=O) groups excluding carboxylic acids is 1. The van der Waals surface area contributed by atoms with Gasteiger partial charge in [-0.15, -0.1) is 13.2 Å². The van der Waals surface area contributed by atoms with Crippen molar-refractivity contribution in [3.8, 4) is 11.5 Å². The van der Waals surface area contributed by atoms with E-state index in [0.29, 0.717) is 5.56 Å². The van der Waals surface area contributed by atoms with Gasteiger partial charge in [0.1, 0.15) is 11.5 Å². The zero-order valence-corrected chi connectivity index (χ0v) is 8.00. The summed E-state index contributed by atoms with van der Waals surface area (Å²) in [7, 11) is 0. The van der Waals surface area contributed by atoms with E-state index >= 15 is 0 Å². The second kappa shape index (κ2) is 3.70. The molecule has 1 heterocycles. The van der Waals surface area contributed by atoms with Crippen LogP contribution in [0.2, 0.25) is 0 Å². The molecule has 0 spiro atoms. The topological polar surface area (TPSA) is 35.5 Å². The molecule has 1 aromatic carbocycles. The highest BCUT2D eigenvalue weighted by Gasteiger charge is 2.31. The number of halogens is 3. The van der Waals surface area contributed by atoms with E-state index in [1.165, 1.54) is 6.07 Å². The molecule has 0 aliphatic carbocycles. The van der Waals surface area contributed by atoms with Crippen molar-refractivity contribution >= 4 is 5.78 Å². The molecule has 6 heteroatoms. The number of ether oxygens (including phenoxy) is 2. The normalized spacial score (nSPS) is 15.3. The lowest BCUT2D eigenvalue weighted by molar-refractivity contribution is -0.274. The number of rotatable bonds is 1. The quantitative estimate of drug-likeness (QED) is 0.746. The summed E-state index contributed by atoms with van der Waals surface area (Å²) in [4.78, 5) is 11.3. The van der Waals surface area contributed by atoms with Gasteiger partial charge in [0.15, 0.2) is 5.78 Å². The van der Waals surface area contributed by atoms with Crippen LogP contribution in [0, 0.1) is 0 Å².